The first-order chi connectivity index (χ1) is 8.15. The van der Waals surface area contributed by atoms with E-state index >= 15 is 0 Å². The van der Waals surface area contributed by atoms with Crippen LogP contribution >= 0.6 is 43.5 Å². The SMILES string of the molecule is Clc1ncc(Br)c(OCc2cccc(Br)c2)n1. The lowest BCUT2D eigenvalue weighted by Gasteiger charge is -2.07. The molecule has 1 aromatic heterocycles. The highest BCUT2D eigenvalue weighted by atomic mass is 79.9. The van der Waals surface area contributed by atoms with E-state index in [-0.39, 0.29) is 5.28 Å². The molecule has 0 radical (unpaired) electrons. The van der Waals surface area contributed by atoms with Crippen LogP contribution in [0.25, 0.3) is 0 Å². The highest BCUT2D eigenvalue weighted by Crippen LogP contribution is 2.23. The van der Waals surface area contributed by atoms with E-state index < -0.39 is 0 Å². The standard InChI is InChI=1S/C11H7Br2ClN2O/c12-8-3-1-2-7(4-8)6-17-10-9(13)5-15-11(14)16-10/h1-5H,6H2. The van der Waals surface area contributed by atoms with E-state index in [9.17, 15) is 0 Å². The van der Waals surface area contributed by atoms with E-state index in [0.29, 0.717) is 17.0 Å². The number of halogens is 3. The van der Waals surface area contributed by atoms with Crippen LogP contribution in [0.3, 0.4) is 0 Å². The lowest BCUT2D eigenvalue weighted by Crippen LogP contribution is -1.99. The number of benzene rings is 1. The lowest BCUT2D eigenvalue weighted by molar-refractivity contribution is 0.291. The van der Waals surface area contributed by atoms with Crippen molar-refractivity contribution in [1.82, 2.24) is 9.97 Å². The maximum Gasteiger partial charge on any atom is 0.232 e. The molecule has 0 fully saturated rings. The van der Waals surface area contributed by atoms with Gasteiger partial charge in [0, 0.05) is 10.7 Å². The second-order valence-electron chi connectivity index (χ2n) is 3.21. The van der Waals surface area contributed by atoms with Crippen LogP contribution in [0, 0.1) is 0 Å². The largest absolute Gasteiger partial charge is 0.472 e. The molecule has 0 aliphatic carbocycles. The van der Waals surface area contributed by atoms with Crippen LogP contribution in [0.15, 0.2) is 39.4 Å². The molecule has 3 nitrogen and oxygen atoms in total. The van der Waals surface area contributed by atoms with Crippen molar-refractivity contribution in [2.45, 2.75) is 6.61 Å². The molecule has 0 amide bonds. The van der Waals surface area contributed by atoms with Crippen LogP contribution in [0.1, 0.15) is 5.56 Å². The summed E-state index contributed by atoms with van der Waals surface area (Å²) in [6, 6.07) is 7.86. The molecule has 1 heterocycles. The van der Waals surface area contributed by atoms with Gasteiger partial charge in [-0.2, -0.15) is 4.98 Å². The van der Waals surface area contributed by atoms with E-state index in [1.165, 1.54) is 0 Å². The number of rotatable bonds is 3. The van der Waals surface area contributed by atoms with Crippen molar-refractivity contribution < 1.29 is 4.74 Å². The fourth-order valence-corrected chi connectivity index (χ4v) is 2.09. The Morgan fingerprint density at radius 1 is 1.29 bits per heavy atom. The van der Waals surface area contributed by atoms with Gasteiger partial charge in [-0.15, -0.1) is 0 Å². The van der Waals surface area contributed by atoms with Gasteiger partial charge in [0.1, 0.15) is 6.61 Å². The molecule has 0 aliphatic rings. The quantitative estimate of drug-likeness (QED) is 0.750. The van der Waals surface area contributed by atoms with Crippen LogP contribution in [-0.4, -0.2) is 9.97 Å². The Kier molecular flexibility index (Phi) is 4.36. The van der Waals surface area contributed by atoms with Gasteiger partial charge in [-0.25, -0.2) is 4.98 Å². The first-order valence-corrected chi connectivity index (χ1v) is 6.67. The van der Waals surface area contributed by atoms with E-state index in [2.05, 4.69) is 41.8 Å². The zero-order valence-electron chi connectivity index (χ0n) is 8.53. The number of nitrogens with zero attached hydrogens (tertiary/aromatic N) is 2. The van der Waals surface area contributed by atoms with Crippen LogP contribution < -0.4 is 4.74 Å². The minimum Gasteiger partial charge on any atom is -0.472 e. The summed E-state index contributed by atoms with van der Waals surface area (Å²) >= 11 is 12.4. The normalized spacial score (nSPS) is 10.3. The molecule has 0 unspecified atom stereocenters. The van der Waals surface area contributed by atoms with Crippen molar-refractivity contribution in [3.05, 3.63) is 50.3 Å². The smallest absolute Gasteiger partial charge is 0.232 e. The molecule has 2 rings (SSSR count). The molecule has 0 saturated heterocycles. The second kappa shape index (κ2) is 5.80. The average Bonchev–Trinajstić information content (AvgIpc) is 2.30. The first kappa shape index (κ1) is 12.8. The molecule has 17 heavy (non-hydrogen) atoms. The summed E-state index contributed by atoms with van der Waals surface area (Å²) in [7, 11) is 0. The van der Waals surface area contributed by atoms with Crippen molar-refractivity contribution >= 4 is 43.5 Å². The summed E-state index contributed by atoms with van der Waals surface area (Å²) < 4.78 is 7.25. The summed E-state index contributed by atoms with van der Waals surface area (Å²) in [5.74, 6) is 0.435. The van der Waals surface area contributed by atoms with Crippen LogP contribution in [0.2, 0.25) is 5.28 Å². The summed E-state index contributed by atoms with van der Waals surface area (Å²) in [5, 5.41) is 0.164. The van der Waals surface area contributed by atoms with Crippen molar-refractivity contribution in [2.24, 2.45) is 0 Å². The molecule has 0 saturated carbocycles. The Bertz CT molecular complexity index is 537. The molecule has 88 valence electrons. The van der Waals surface area contributed by atoms with Gasteiger partial charge in [0.25, 0.3) is 0 Å². The third kappa shape index (κ3) is 3.66. The Labute approximate surface area is 120 Å². The minimum atomic E-state index is 0.164. The topological polar surface area (TPSA) is 35.0 Å². The van der Waals surface area contributed by atoms with Gasteiger partial charge in [0.05, 0.1) is 4.47 Å². The minimum absolute atomic E-state index is 0.164. The van der Waals surface area contributed by atoms with Gasteiger partial charge < -0.3 is 4.74 Å². The van der Waals surface area contributed by atoms with E-state index in [1.807, 2.05) is 24.3 Å². The third-order valence-corrected chi connectivity index (χ3v) is 3.17. The Morgan fingerprint density at radius 2 is 2.12 bits per heavy atom. The summed E-state index contributed by atoms with van der Waals surface area (Å²) in [6.07, 6.45) is 1.56. The monoisotopic (exact) mass is 376 g/mol. The maximum absolute atomic E-state index is 5.69. The van der Waals surface area contributed by atoms with E-state index in [4.69, 9.17) is 16.3 Å². The highest BCUT2D eigenvalue weighted by Gasteiger charge is 2.05. The molecule has 6 heteroatoms. The van der Waals surface area contributed by atoms with Gasteiger partial charge >= 0.3 is 0 Å². The molecule has 0 N–H and O–H groups in total. The van der Waals surface area contributed by atoms with Crippen molar-refractivity contribution in [2.75, 3.05) is 0 Å². The predicted octanol–water partition coefficient (Wildman–Crippen LogP) is 4.23. The van der Waals surface area contributed by atoms with Gasteiger partial charge in [0.15, 0.2) is 0 Å². The summed E-state index contributed by atoms with van der Waals surface area (Å²) in [4.78, 5) is 7.81. The number of aromatic nitrogens is 2. The summed E-state index contributed by atoms with van der Waals surface area (Å²) in [6.45, 7) is 0.422. The van der Waals surface area contributed by atoms with Crippen molar-refractivity contribution in [3.63, 3.8) is 0 Å². The van der Waals surface area contributed by atoms with E-state index in [0.717, 1.165) is 10.0 Å². The predicted molar refractivity (Wildman–Crippen MR) is 73.2 cm³/mol. The molecular weight excluding hydrogens is 371 g/mol. The van der Waals surface area contributed by atoms with Gasteiger partial charge in [-0.05, 0) is 45.2 Å². The number of hydrogen-bond acceptors (Lipinski definition) is 3. The van der Waals surface area contributed by atoms with Gasteiger partial charge in [0.2, 0.25) is 11.2 Å². The summed E-state index contributed by atoms with van der Waals surface area (Å²) in [5.41, 5.74) is 1.04. The zero-order chi connectivity index (χ0) is 12.3. The molecule has 0 bridgehead atoms. The lowest BCUT2D eigenvalue weighted by atomic mass is 10.2. The Hall–Kier alpha value is -0.650. The highest BCUT2D eigenvalue weighted by molar-refractivity contribution is 9.10. The van der Waals surface area contributed by atoms with E-state index in [1.54, 1.807) is 6.20 Å². The van der Waals surface area contributed by atoms with Crippen LogP contribution in [0.4, 0.5) is 0 Å². The molecule has 0 atom stereocenters. The number of ether oxygens (including phenoxy) is 1. The molecular formula is C11H7Br2ClN2O. The third-order valence-electron chi connectivity index (χ3n) is 1.95. The fourth-order valence-electron chi connectivity index (χ4n) is 1.21. The molecule has 1 aromatic carbocycles. The average molecular weight is 378 g/mol. The molecule has 0 aliphatic heterocycles. The molecule has 0 spiro atoms. The van der Waals surface area contributed by atoms with Crippen molar-refractivity contribution in [1.29, 1.82) is 0 Å². The number of hydrogen-bond donors (Lipinski definition) is 0. The van der Waals surface area contributed by atoms with Crippen LogP contribution in [-0.2, 0) is 6.61 Å². The van der Waals surface area contributed by atoms with Crippen LogP contribution in [0.5, 0.6) is 5.88 Å². The second-order valence-corrected chi connectivity index (χ2v) is 5.32. The molecule has 2 aromatic rings. The van der Waals surface area contributed by atoms with Gasteiger partial charge in [-0.3, -0.25) is 0 Å². The fraction of sp³-hybridized carbons (Fsp3) is 0.0909. The van der Waals surface area contributed by atoms with Gasteiger partial charge in [-0.1, -0.05) is 28.1 Å². The zero-order valence-corrected chi connectivity index (χ0v) is 12.5. The van der Waals surface area contributed by atoms with Crippen molar-refractivity contribution in [3.8, 4) is 5.88 Å². The Morgan fingerprint density at radius 3 is 2.88 bits per heavy atom. The Balaban J connectivity index is 2.09. The first-order valence-electron chi connectivity index (χ1n) is 4.70. The maximum atomic E-state index is 5.69.